The third-order valence-electron chi connectivity index (χ3n) is 2.98. The van der Waals surface area contributed by atoms with Crippen molar-refractivity contribution in [3.63, 3.8) is 0 Å². The number of amides is 1. The molecular weight excluding hydrogens is 256 g/mol. The van der Waals surface area contributed by atoms with Crippen LogP contribution in [-0.2, 0) is 0 Å². The van der Waals surface area contributed by atoms with Crippen LogP contribution in [0.4, 0.5) is 0 Å². The molecule has 5 heteroatoms. The van der Waals surface area contributed by atoms with Crippen LogP contribution in [0.5, 0.6) is 0 Å². The summed E-state index contributed by atoms with van der Waals surface area (Å²) in [5.41, 5.74) is 1.40. The number of pyridine rings is 1. The first-order valence-corrected chi connectivity index (χ1v) is 6.28. The van der Waals surface area contributed by atoms with E-state index in [1.165, 1.54) is 12.3 Å². The Balaban J connectivity index is 1.98. The number of aliphatic hydroxyl groups is 1. The first-order valence-electron chi connectivity index (χ1n) is 6.28. The Morgan fingerprint density at radius 2 is 2.00 bits per heavy atom. The summed E-state index contributed by atoms with van der Waals surface area (Å²) < 4.78 is 0. The molecule has 0 aliphatic rings. The van der Waals surface area contributed by atoms with E-state index >= 15 is 0 Å². The van der Waals surface area contributed by atoms with Gasteiger partial charge < -0.3 is 15.4 Å². The van der Waals surface area contributed by atoms with Crippen LogP contribution >= 0.6 is 0 Å². The van der Waals surface area contributed by atoms with E-state index < -0.39 is 17.6 Å². The molecule has 2 aromatic rings. The summed E-state index contributed by atoms with van der Waals surface area (Å²) in [7, 11) is 0. The molecule has 0 spiro atoms. The number of carbonyl (C=O) groups excluding carboxylic acids is 1. The molecule has 1 aromatic carbocycles. The minimum absolute atomic E-state index is 0.0311. The molecule has 0 fully saturated rings. The molecule has 0 bridgehead atoms. The Morgan fingerprint density at radius 1 is 1.30 bits per heavy atom. The van der Waals surface area contributed by atoms with Gasteiger partial charge in [-0.15, -0.1) is 0 Å². The summed E-state index contributed by atoms with van der Waals surface area (Å²) in [6, 6.07) is 10.4. The highest BCUT2D eigenvalue weighted by atomic mass is 16.3. The molecule has 1 amide bonds. The molecule has 1 atom stereocenters. The number of benzene rings is 1. The monoisotopic (exact) mass is 272 g/mol. The van der Waals surface area contributed by atoms with Crippen molar-refractivity contribution >= 4 is 5.91 Å². The van der Waals surface area contributed by atoms with Crippen molar-refractivity contribution in [2.45, 2.75) is 13.0 Å². The van der Waals surface area contributed by atoms with E-state index in [2.05, 4.69) is 10.3 Å². The van der Waals surface area contributed by atoms with Gasteiger partial charge in [0, 0.05) is 12.7 Å². The normalized spacial score (nSPS) is 11.9. The second kappa shape index (κ2) is 6.16. The summed E-state index contributed by atoms with van der Waals surface area (Å²) in [5, 5.41) is 12.5. The van der Waals surface area contributed by atoms with Crippen LogP contribution in [0.3, 0.4) is 0 Å². The summed E-state index contributed by atoms with van der Waals surface area (Å²) >= 11 is 0. The van der Waals surface area contributed by atoms with Gasteiger partial charge in [0.1, 0.15) is 5.56 Å². The highest BCUT2D eigenvalue weighted by Gasteiger charge is 2.12. The Morgan fingerprint density at radius 3 is 2.65 bits per heavy atom. The molecule has 0 saturated carbocycles. The van der Waals surface area contributed by atoms with Gasteiger partial charge in [0.2, 0.25) is 0 Å². The van der Waals surface area contributed by atoms with Crippen molar-refractivity contribution < 1.29 is 9.90 Å². The molecule has 2 rings (SSSR count). The zero-order chi connectivity index (χ0) is 14.5. The molecule has 0 saturated heterocycles. The smallest absolute Gasteiger partial charge is 0.260 e. The Kier molecular flexibility index (Phi) is 4.32. The molecule has 5 nitrogen and oxygen atoms in total. The van der Waals surface area contributed by atoms with E-state index in [-0.39, 0.29) is 12.1 Å². The maximum atomic E-state index is 11.8. The van der Waals surface area contributed by atoms with Gasteiger partial charge in [0.15, 0.2) is 0 Å². The average Bonchev–Trinajstić information content (AvgIpc) is 2.45. The van der Waals surface area contributed by atoms with E-state index in [0.29, 0.717) is 0 Å². The fourth-order valence-corrected chi connectivity index (χ4v) is 1.79. The summed E-state index contributed by atoms with van der Waals surface area (Å²) in [5.74, 6) is -0.502. The fraction of sp³-hybridized carbons (Fsp3) is 0.200. The van der Waals surface area contributed by atoms with Gasteiger partial charge >= 0.3 is 0 Å². The van der Waals surface area contributed by atoms with Crippen molar-refractivity contribution in [2.75, 3.05) is 6.54 Å². The minimum atomic E-state index is -0.803. The SMILES string of the molecule is Cc1ccc([C@H](O)CNC(=O)c2ccc[nH]c2=O)cc1. The Hall–Kier alpha value is -2.40. The van der Waals surface area contributed by atoms with Crippen molar-refractivity contribution in [3.8, 4) is 0 Å². The van der Waals surface area contributed by atoms with Gasteiger partial charge in [-0.25, -0.2) is 0 Å². The number of rotatable bonds is 4. The number of aryl methyl sites for hydroxylation is 1. The lowest BCUT2D eigenvalue weighted by molar-refractivity contribution is 0.0915. The quantitative estimate of drug-likeness (QED) is 0.780. The van der Waals surface area contributed by atoms with Crippen molar-refractivity contribution in [3.05, 3.63) is 69.6 Å². The van der Waals surface area contributed by atoms with Crippen LogP contribution in [0.2, 0.25) is 0 Å². The number of H-pyrrole nitrogens is 1. The fourth-order valence-electron chi connectivity index (χ4n) is 1.79. The lowest BCUT2D eigenvalue weighted by Gasteiger charge is -2.12. The standard InChI is InChI=1S/C15H16N2O3/c1-10-4-6-11(7-5-10)13(18)9-17-15(20)12-3-2-8-16-14(12)19/h2-8,13,18H,9H2,1H3,(H,16,19)(H,17,20)/t13-/m1/s1. The zero-order valence-electron chi connectivity index (χ0n) is 11.1. The third-order valence-corrected chi connectivity index (χ3v) is 2.98. The topological polar surface area (TPSA) is 82.2 Å². The van der Waals surface area contributed by atoms with E-state index in [1.807, 2.05) is 31.2 Å². The van der Waals surface area contributed by atoms with Crippen LogP contribution in [0.15, 0.2) is 47.4 Å². The highest BCUT2D eigenvalue weighted by molar-refractivity contribution is 5.93. The van der Waals surface area contributed by atoms with Gasteiger partial charge in [-0.1, -0.05) is 29.8 Å². The zero-order valence-corrected chi connectivity index (χ0v) is 11.1. The largest absolute Gasteiger partial charge is 0.387 e. The lowest BCUT2D eigenvalue weighted by Crippen LogP contribution is -2.32. The van der Waals surface area contributed by atoms with E-state index in [4.69, 9.17) is 0 Å². The number of aromatic nitrogens is 1. The lowest BCUT2D eigenvalue weighted by atomic mass is 10.1. The predicted molar refractivity (Wildman–Crippen MR) is 75.5 cm³/mol. The van der Waals surface area contributed by atoms with Crippen LogP contribution in [0.25, 0.3) is 0 Å². The van der Waals surface area contributed by atoms with Crippen LogP contribution < -0.4 is 10.9 Å². The second-order valence-electron chi connectivity index (χ2n) is 4.55. The molecule has 1 aromatic heterocycles. The van der Waals surface area contributed by atoms with Gasteiger partial charge in [-0.3, -0.25) is 9.59 Å². The van der Waals surface area contributed by atoms with Crippen LogP contribution in [0, 0.1) is 6.92 Å². The molecule has 20 heavy (non-hydrogen) atoms. The number of hydrogen-bond donors (Lipinski definition) is 3. The molecule has 3 N–H and O–H groups in total. The number of nitrogens with one attached hydrogen (secondary N) is 2. The summed E-state index contributed by atoms with van der Waals surface area (Å²) in [4.78, 5) is 25.7. The number of aliphatic hydroxyl groups excluding tert-OH is 1. The predicted octanol–water partition coefficient (Wildman–Crippen LogP) is 1.15. The minimum Gasteiger partial charge on any atom is -0.387 e. The van der Waals surface area contributed by atoms with Gasteiger partial charge in [-0.05, 0) is 24.6 Å². The maximum Gasteiger partial charge on any atom is 0.260 e. The molecule has 1 heterocycles. The number of carbonyl (C=O) groups is 1. The Bertz CT molecular complexity index is 647. The van der Waals surface area contributed by atoms with E-state index in [9.17, 15) is 14.7 Å². The maximum absolute atomic E-state index is 11.8. The van der Waals surface area contributed by atoms with Gasteiger partial charge in [0.25, 0.3) is 11.5 Å². The van der Waals surface area contributed by atoms with Crippen LogP contribution in [-0.4, -0.2) is 22.5 Å². The summed E-state index contributed by atoms with van der Waals surface area (Å²) in [6.45, 7) is 2.01. The van der Waals surface area contributed by atoms with Crippen LogP contribution in [0.1, 0.15) is 27.6 Å². The summed E-state index contributed by atoms with van der Waals surface area (Å²) in [6.07, 6.45) is 0.655. The highest BCUT2D eigenvalue weighted by Crippen LogP contribution is 2.12. The molecule has 0 aliphatic heterocycles. The molecule has 0 radical (unpaired) electrons. The van der Waals surface area contributed by atoms with Crippen molar-refractivity contribution in [1.82, 2.24) is 10.3 Å². The molecule has 0 unspecified atom stereocenters. The average molecular weight is 272 g/mol. The van der Waals surface area contributed by atoms with Crippen molar-refractivity contribution in [2.24, 2.45) is 0 Å². The third kappa shape index (κ3) is 3.33. The Labute approximate surface area is 116 Å². The van der Waals surface area contributed by atoms with Crippen molar-refractivity contribution in [1.29, 1.82) is 0 Å². The second-order valence-corrected chi connectivity index (χ2v) is 4.55. The first kappa shape index (κ1) is 14.0. The van der Waals surface area contributed by atoms with E-state index in [0.717, 1.165) is 11.1 Å². The first-order chi connectivity index (χ1) is 9.58. The molecule has 0 aliphatic carbocycles. The molecular formula is C15H16N2O3. The molecule has 104 valence electrons. The number of aromatic amines is 1. The van der Waals surface area contributed by atoms with Gasteiger partial charge in [-0.2, -0.15) is 0 Å². The van der Waals surface area contributed by atoms with Gasteiger partial charge in [0.05, 0.1) is 6.10 Å². The van der Waals surface area contributed by atoms with E-state index in [1.54, 1.807) is 6.07 Å². The number of hydrogen-bond acceptors (Lipinski definition) is 3.